The maximum absolute atomic E-state index is 5.41. The van der Waals surface area contributed by atoms with Gasteiger partial charge in [-0.1, -0.05) is 10.3 Å². The molecule has 4 heterocycles. The van der Waals surface area contributed by atoms with E-state index < -0.39 is 0 Å². The van der Waals surface area contributed by atoms with Gasteiger partial charge in [0.2, 0.25) is 5.82 Å². The van der Waals surface area contributed by atoms with E-state index in [1.165, 1.54) is 0 Å². The lowest BCUT2D eigenvalue weighted by Gasteiger charge is -1.98. The van der Waals surface area contributed by atoms with E-state index in [1.807, 2.05) is 32.0 Å². The number of rotatable bonds is 2. The van der Waals surface area contributed by atoms with Gasteiger partial charge in [0.25, 0.3) is 11.6 Å². The lowest BCUT2D eigenvalue weighted by atomic mass is 10.1. The van der Waals surface area contributed by atoms with Gasteiger partial charge in [-0.05, 0) is 32.0 Å². The van der Waals surface area contributed by atoms with Crippen molar-refractivity contribution in [3.63, 3.8) is 0 Å². The van der Waals surface area contributed by atoms with Gasteiger partial charge in [-0.25, -0.2) is 4.98 Å². The molecule has 0 aromatic carbocycles. The van der Waals surface area contributed by atoms with Crippen molar-refractivity contribution in [3.8, 4) is 22.8 Å². The number of pyridine rings is 2. The molecule has 0 saturated carbocycles. The molecule has 0 amide bonds. The molecular weight excluding hydrogens is 282 g/mol. The summed E-state index contributed by atoms with van der Waals surface area (Å²) in [4.78, 5) is 12.8. The second kappa shape index (κ2) is 4.73. The Morgan fingerprint density at radius 1 is 0.955 bits per heavy atom. The minimum atomic E-state index is 0.411. The minimum Gasteiger partial charge on any atom is -0.336 e. The molecule has 0 unspecified atom stereocenters. The van der Waals surface area contributed by atoms with Crippen molar-refractivity contribution in [2.24, 2.45) is 0 Å². The van der Waals surface area contributed by atoms with E-state index in [0.717, 1.165) is 27.9 Å². The molecule has 0 N–H and O–H groups in total. The Kier molecular flexibility index (Phi) is 2.72. The van der Waals surface area contributed by atoms with E-state index in [0.29, 0.717) is 17.4 Å². The van der Waals surface area contributed by atoms with Gasteiger partial charge in [0.1, 0.15) is 0 Å². The fourth-order valence-electron chi connectivity index (χ4n) is 2.34. The van der Waals surface area contributed by atoms with Gasteiger partial charge in [0.05, 0.1) is 16.6 Å². The third kappa shape index (κ3) is 1.95. The van der Waals surface area contributed by atoms with Gasteiger partial charge >= 0.3 is 0 Å². The van der Waals surface area contributed by atoms with Gasteiger partial charge in [0, 0.05) is 23.7 Å². The maximum atomic E-state index is 5.41. The number of fused-ring (bicyclic) bond motifs is 1. The monoisotopic (exact) mass is 293 g/mol. The Balaban J connectivity index is 1.90. The van der Waals surface area contributed by atoms with Crippen molar-refractivity contribution in [2.45, 2.75) is 13.8 Å². The molecule has 0 atom stereocenters. The molecule has 108 valence electrons. The molecule has 0 aliphatic rings. The topological polar surface area (TPSA) is 90.7 Å². The molecule has 7 heteroatoms. The van der Waals surface area contributed by atoms with Crippen molar-refractivity contribution in [3.05, 3.63) is 42.0 Å². The molecule has 0 aliphatic heterocycles. The summed E-state index contributed by atoms with van der Waals surface area (Å²) in [5.74, 6) is 0.919. The van der Waals surface area contributed by atoms with Crippen LogP contribution in [0.5, 0.6) is 0 Å². The second-order valence-electron chi connectivity index (χ2n) is 4.92. The molecule has 0 bridgehead atoms. The highest BCUT2D eigenvalue weighted by Gasteiger charge is 2.18. The van der Waals surface area contributed by atoms with Crippen molar-refractivity contribution in [1.29, 1.82) is 0 Å². The maximum Gasteiger partial charge on any atom is 0.259 e. The molecule has 0 spiro atoms. The number of aromatic nitrogens is 5. The van der Waals surface area contributed by atoms with Crippen LogP contribution in [0.4, 0.5) is 0 Å². The van der Waals surface area contributed by atoms with Gasteiger partial charge in [-0.2, -0.15) is 4.98 Å². The highest BCUT2D eigenvalue weighted by atomic mass is 16.5. The van der Waals surface area contributed by atoms with Crippen LogP contribution in [0, 0.1) is 13.8 Å². The van der Waals surface area contributed by atoms with Crippen LogP contribution in [0.2, 0.25) is 0 Å². The van der Waals surface area contributed by atoms with E-state index in [2.05, 4.69) is 25.3 Å². The zero-order valence-corrected chi connectivity index (χ0v) is 11.9. The van der Waals surface area contributed by atoms with Crippen LogP contribution in [0.3, 0.4) is 0 Å². The molecule has 0 radical (unpaired) electrons. The van der Waals surface area contributed by atoms with Crippen molar-refractivity contribution in [1.82, 2.24) is 25.3 Å². The molecular formula is C15H11N5O2. The van der Waals surface area contributed by atoms with E-state index in [1.54, 1.807) is 12.4 Å². The quantitative estimate of drug-likeness (QED) is 0.561. The predicted molar refractivity (Wildman–Crippen MR) is 77.8 cm³/mol. The Morgan fingerprint density at radius 3 is 2.59 bits per heavy atom. The summed E-state index contributed by atoms with van der Waals surface area (Å²) >= 11 is 0. The Morgan fingerprint density at radius 2 is 1.77 bits per heavy atom. The lowest BCUT2D eigenvalue weighted by Crippen LogP contribution is -1.88. The molecule has 7 nitrogen and oxygen atoms in total. The van der Waals surface area contributed by atoms with Gasteiger partial charge in [0.15, 0.2) is 0 Å². The van der Waals surface area contributed by atoms with Crippen LogP contribution in [0.15, 0.2) is 39.6 Å². The third-order valence-corrected chi connectivity index (χ3v) is 3.34. The van der Waals surface area contributed by atoms with E-state index in [9.17, 15) is 0 Å². The summed E-state index contributed by atoms with van der Waals surface area (Å²) in [5.41, 5.74) is 3.61. The Labute approximate surface area is 125 Å². The first kappa shape index (κ1) is 12.6. The Bertz CT molecular complexity index is 959. The largest absolute Gasteiger partial charge is 0.336 e. The molecule has 22 heavy (non-hydrogen) atoms. The van der Waals surface area contributed by atoms with Crippen LogP contribution in [0.1, 0.15) is 11.4 Å². The van der Waals surface area contributed by atoms with Crippen molar-refractivity contribution < 1.29 is 9.05 Å². The average molecular weight is 293 g/mol. The highest BCUT2D eigenvalue weighted by molar-refractivity contribution is 5.91. The first-order valence-corrected chi connectivity index (χ1v) is 6.70. The van der Waals surface area contributed by atoms with Crippen LogP contribution in [-0.2, 0) is 0 Å². The standard InChI is InChI=1S/C15H11N5O2/c1-8-7-11(12-9(2)19-22-15(12)17-8)14-18-13(20-21-14)10-3-5-16-6-4-10/h3-7H,1-2H3. The zero-order chi connectivity index (χ0) is 15.1. The molecule has 4 aromatic rings. The smallest absolute Gasteiger partial charge is 0.259 e. The molecule has 4 aromatic heterocycles. The normalized spacial score (nSPS) is 11.2. The molecule has 0 fully saturated rings. The summed E-state index contributed by atoms with van der Waals surface area (Å²) in [6.07, 6.45) is 3.37. The first-order chi connectivity index (χ1) is 10.7. The summed E-state index contributed by atoms with van der Waals surface area (Å²) < 4.78 is 10.6. The van der Waals surface area contributed by atoms with Gasteiger partial charge in [-0.15, -0.1) is 0 Å². The van der Waals surface area contributed by atoms with Crippen LogP contribution in [-0.4, -0.2) is 25.3 Å². The van der Waals surface area contributed by atoms with E-state index >= 15 is 0 Å². The summed E-state index contributed by atoms with van der Waals surface area (Å²) in [6.45, 7) is 3.73. The van der Waals surface area contributed by atoms with Crippen LogP contribution in [0.25, 0.3) is 33.9 Å². The highest BCUT2D eigenvalue weighted by Crippen LogP contribution is 2.30. The molecule has 0 saturated heterocycles. The molecule has 0 aliphatic carbocycles. The number of hydrogen-bond donors (Lipinski definition) is 0. The zero-order valence-electron chi connectivity index (χ0n) is 11.9. The first-order valence-electron chi connectivity index (χ1n) is 6.70. The molecule has 4 rings (SSSR count). The number of hydrogen-bond acceptors (Lipinski definition) is 7. The Hall–Kier alpha value is -3.09. The van der Waals surface area contributed by atoms with E-state index in [-0.39, 0.29) is 0 Å². The predicted octanol–water partition coefficient (Wildman–Crippen LogP) is 2.95. The fraction of sp³-hybridized carbons (Fsp3) is 0.133. The SMILES string of the molecule is Cc1cc(-c2nc(-c3ccncc3)no2)c2c(C)noc2n1. The second-order valence-corrected chi connectivity index (χ2v) is 4.92. The van der Waals surface area contributed by atoms with Crippen molar-refractivity contribution in [2.75, 3.05) is 0 Å². The number of nitrogens with zero attached hydrogens (tertiary/aromatic N) is 5. The summed E-state index contributed by atoms with van der Waals surface area (Å²) in [5, 5.41) is 8.77. The van der Waals surface area contributed by atoms with Crippen LogP contribution < -0.4 is 0 Å². The van der Waals surface area contributed by atoms with Gasteiger partial charge in [-0.3, -0.25) is 4.98 Å². The fourth-order valence-corrected chi connectivity index (χ4v) is 2.34. The van der Waals surface area contributed by atoms with Crippen LogP contribution >= 0.6 is 0 Å². The van der Waals surface area contributed by atoms with Crippen molar-refractivity contribution >= 4 is 11.1 Å². The number of aryl methyl sites for hydroxylation is 2. The lowest BCUT2D eigenvalue weighted by molar-refractivity contribution is 0.432. The van der Waals surface area contributed by atoms with E-state index in [4.69, 9.17) is 9.05 Å². The summed E-state index contributed by atoms with van der Waals surface area (Å²) in [6, 6.07) is 5.54. The third-order valence-electron chi connectivity index (χ3n) is 3.34. The average Bonchev–Trinajstić information content (AvgIpc) is 3.15. The summed E-state index contributed by atoms with van der Waals surface area (Å²) in [7, 11) is 0. The van der Waals surface area contributed by atoms with Gasteiger partial charge < -0.3 is 9.05 Å². The minimum absolute atomic E-state index is 0.411.